The van der Waals surface area contributed by atoms with Crippen LogP contribution in [0.25, 0.3) is 0 Å². The van der Waals surface area contributed by atoms with Crippen molar-refractivity contribution in [2.45, 2.75) is 26.7 Å². The van der Waals surface area contributed by atoms with Crippen LogP contribution < -0.4 is 5.32 Å². The van der Waals surface area contributed by atoms with E-state index in [1.54, 1.807) is 0 Å². The molecule has 0 aromatic carbocycles. The molecule has 0 fully saturated rings. The summed E-state index contributed by atoms with van der Waals surface area (Å²) >= 11 is 0. The summed E-state index contributed by atoms with van der Waals surface area (Å²) < 4.78 is 0. The second kappa shape index (κ2) is 6.58. The first-order valence-corrected chi connectivity index (χ1v) is 5.24. The average Bonchev–Trinajstić information content (AvgIpc) is 2.24. The molecule has 0 aromatic rings. The first kappa shape index (κ1) is 14.1. The second-order valence-corrected chi connectivity index (χ2v) is 3.88. The average molecular weight is 215 g/mol. The topological polar surface area (TPSA) is 69.6 Å². The Morgan fingerprint density at radius 1 is 1.40 bits per heavy atom. The standard InChI is InChI=1S/C11H21NO3/c1-4-11(5-2,8-13)7-12-6-9(3)10(14)15/h12-13H,3-8H2,1-2H3,(H,14,15). The Balaban J connectivity index is 4.02. The molecule has 0 aliphatic heterocycles. The third-order valence-corrected chi connectivity index (χ3v) is 2.98. The summed E-state index contributed by atoms with van der Waals surface area (Å²) in [5.41, 5.74) is 0.00717. The van der Waals surface area contributed by atoms with Gasteiger partial charge in [-0.15, -0.1) is 0 Å². The molecule has 4 heteroatoms. The number of aliphatic hydroxyl groups is 1. The molecular formula is C11H21NO3. The van der Waals surface area contributed by atoms with Crippen LogP contribution in [-0.4, -0.2) is 35.9 Å². The molecule has 0 saturated heterocycles. The summed E-state index contributed by atoms with van der Waals surface area (Å²) in [6.07, 6.45) is 1.74. The summed E-state index contributed by atoms with van der Waals surface area (Å²) in [5, 5.41) is 20.9. The lowest BCUT2D eigenvalue weighted by Gasteiger charge is -2.29. The molecule has 0 spiro atoms. The monoisotopic (exact) mass is 215 g/mol. The van der Waals surface area contributed by atoms with Crippen LogP contribution in [0, 0.1) is 5.41 Å². The van der Waals surface area contributed by atoms with Gasteiger partial charge in [0.2, 0.25) is 0 Å². The molecule has 0 unspecified atom stereocenters. The maximum atomic E-state index is 10.5. The molecule has 0 bridgehead atoms. The summed E-state index contributed by atoms with van der Waals surface area (Å²) in [6, 6.07) is 0. The summed E-state index contributed by atoms with van der Waals surface area (Å²) in [5.74, 6) is -0.981. The smallest absolute Gasteiger partial charge is 0.332 e. The van der Waals surface area contributed by atoms with Gasteiger partial charge >= 0.3 is 5.97 Å². The highest BCUT2D eigenvalue weighted by molar-refractivity contribution is 5.86. The Kier molecular flexibility index (Phi) is 6.20. The van der Waals surface area contributed by atoms with E-state index in [0.717, 1.165) is 12.8 Å². The van der Waals surface area contributed by atoms with Crippen molar-refractivity contribution < 1.29 is 15.0 Å². The molecular weight excluding hydrogens is 194 g/mol. The molecule has 0 aliphatic carbocycles. The zero-order valence-electron chi connectivity index (χ0n) is 9.55. The van der Waals surface area contributed by atoms with Crippen LogP contribution in [0.1, 0.15) is 26.7 Å². The predicted molar refractivity (Wildman–Crippen MR) is 59.7 cm³/mol. The lowest BCUT2D eigenvalue weighted by molar-refractivity contribution is -0.132. The first-order valence-electron chi connectivity index (χ1n) is 5.24. The lowest BCUT2D eigenvalue weighted by atomic mass is 9.83. The Bertz CT molecular complexity index is 214. The first-order chi connectivity index (χ1) is 7.01. The van der Waals surface area contributed by atoms with Gasteiger partial charge in [-0.1, -0.05) is 20.4 Å². The van der Waals surface area contributed by atoms with Gasteiger partial charge in [0.25, 0.3) is 0 Å². The molecule has 4 nitrogen and oxygen atoms in total. The van der Waals surface area contributed by atoms with Crippen molar-refractivity contribution in [3.8, 4) is 0 Å². The maximum Gasteiger partial charge on any atom is 0.332 e. The van der Waals surface area contributed by atoms with Crippen LogP contribution in [-0.2, 0) is 4.79 Å². The molecule has 0 atom stereocenters. The van der Waals surface area contributed by atoms with Crippen molar-refractivity contribution in [3.63, 3.8) is 0 Å². The van der Waals surface area contributed by atoms with Crippen molar-refractivity contribution >= 4 is 5.97 Å². The highest BCUT2D eigenvalue weighted by Crippen LogP contribution is 2.24. The minimum Gasteiger partial charge on any atom is -0.478 e. The van der Waals surface area contributed by atoms with Crippen LogP contribution in [0.5, 0.6) is 0 Å². The van der Waals surface area contributed by atoms with Gasteiger partial charge in [-0.2, -0.15) is 0 Å². The highest BCUT2D eigenvalue weighted by atomic mass is 16.4. The number of nitrogens with one attached hydrogen (secondary N) is 1. The summed E-state index contributed by atoms with van der Waals surface area (Å²) in [6.45, 7) is 8.46. The van der Waals surface area contributed by atoms with E-state index in [2.05, 4.69) is 11.9 Å². The Morgan fingerprint density at radius 3 is 2.27 bits per heavy atom. The number of hydrogen-bond donors (Lipinski definition) is 3. The minimum absolute atomic E-state index is 0.118. The third kappa shape index (κ3) is 4.44. The van der Waals surface area contributed by atoms with Crippen molar-refractivity contribution in [1.82, 2.24) is 5.32 Å². The maximum absolute atomic E-state index is 10.5. The largest absolute Gasteiger partial charge is 0.478 e. The molecule has 15 heavy (non-hydrogen) atoms. The number of hydrogen-bond acceptors (Lipinski definition) is 3. The lowest BCUT2D eigenvalue weighted by Crippen LogP contribution is -2.37. The van der Waals surface area contributed by atoms with Gasteiger partial charge in [0, 0.05) is 30.7 Å². The quantitative estimate of drug-likeness (QED) is 0.529. The molecule has 0 aliphatic rings. The zero-order chi connectivity index (χ0) is 11.9. The summed E-state index contributed by atoms with van der Waals surface area (Å²) in [7, 11) is 0. The van der Waals surface area contributed by atoms with Gasteiger partial charge in [-0.25, -0.2) is 4.79 Å². The Morgan fingerprint density at radius 2 is 1.93 bits per heavy atom. The molecule has 88 valence electrons. The second-order valence-electron chi connectivity index (χ2n) is 3.88. The van der Waals surface area contributed by atoms with E-state index < -0.39 is 5.97 Å². The van der Waals surface area contributed by atoms with Gasteiger partial charge < -0.3 is 15.5 Å². The molecule has 0 rings (SSSR count). The van der Waals surface area contributed by atoms with Crippen molar-refractivity contribution in [2.24, 2.45) is 5.41 Å². The van der Waals surface area contributed by atoms with Gasteiger partial charge in [-0.05, 0) is 12.8 Å². The Labute approximate surface area is 91.0 Å². The van der Waals surface area contributed by atoms with Gasteiger partial charge in [-0.3, -0.25) is 0 Å². The SMILES string of the molecule is C=C(CNCC(CC)(CC)CO)C(=O)O. The number of aliphatic carboxylic acids is 1. The molecule has 0 amide bonds. The summed E-state index contributed by atoms with van der Waals surface area (Å²) in [4.78, 5) is 10.5. The van der Waals surface area contributed by atoms with E-state index in [-0.39, 0.29) is 24.1 Å². The zero-order valence-corrected chi connectivity index (χ0v) is 9.55. The van der Waals surface area contributed by atoms with Gasteiger partial charge in [0.1, 0.15) is 0 Å². The van der Waals surface area contributed by atoms with Crippen molar-refractivity contribution in [1.29, 1.82) is 0 Å². The van der Waals surface area contributed by atoms with Crippen molar-refractivity contribution in [3.05, 3.63) is 12.2 Å². The molecule has 0 saturated carbocycles. The van der Waals surface area contributed by atoms with Crippen molar-refractivity contribution in [2.75, 3.05) is 19.7 Å². The fraction of sp³-hybridized carbons (Fsp3) is 0.727. The van der Waals surface area contributed by atoms with Gasteiger partial charge in [0.15, 0.2) is 0 Å². The van der Waals surface area contributed by atoms with E-state index in [0.29, 0.717) is 6.54 Å². The van der Waals surface area contributed by atoms with E-state index in [9.17, 15) is 9.90 Å². The van der Waals surface area contributed by atoms with Crippen LogP contribution in [0.15, 0.2) is 12.2 Å². The number of rotatable bonds is 8. The number of carbonyl (C=O) groups is 1. The van der Waals surface area contributed by atoms with E-state index >= 15 is 0 Å². The Hall–Kier alpha value is -0.870. The normalized spacial score (nSPS) is 11.4. The fourth-order valence-corrected chi connectivity index (χ4v) is 1.33. The van der Waals surface area contributed by atoms with E-state index in [1.165, 1.54) is 0 Å². The number of aliphatic hydroxyl groups excluding tert-OH is 1. The van der Waals surface area contributed by atoms with Gasteiger partial charge in [0.05, 0.1) is 0 Å². The van der Waals surface area contributed by atoms with Crippen LogP contribution in [0.4, 0.5) is 0 Å². The minimum atomic E-state index is -0.981. The molecule has 3 N–H and O–H groups in total. The van der Waals surface area contributed by atoms with Crippen LogP contribution >= 0.6 is 0 Å². The molecule has 0 aromatic heterocycles. The highest BCUT2D eigenvalue weighted by Gasteiger charge is 2.24. The number of carboxylic acids is 1. The van der Waals surface area contributed by atoms with E-state index in [1.807, 2.05) is 13.8 Å². The molecule has 0 radical (unpaired) electrons. The fourth-order valence-electron chi connectivity index (χ4n) is 1.33. The van der Waals surface area contributed by atoms with Crippen LogP contribution in [0.2, 0.25) is 0 Å². The number of carboxylic acid groups (broad SMARTS) is 1. The third-order valence-electron chi connectivity index (χ3n) is 2.98. The predicted octanol–water partition coefficient (Wildman–Crippen LogP) is 1.02. The van der Waals surface area contributed by atoms with E-state index in [4.69, 9.17) is 5.11 Å². The molecule has 0 heterocycles. The van der Waals surface area contributed by atoms with Crippen LogP contribution in [0.3, 0.4) is 0 Å².